The van der Waals surface area contributed by atoms with Crippen LogP contribution in [0.3, 0.4) is 0 Å². The minimum Gasteiger partial charge on any atom is -0.397 e. The molecule has 2 aromatic carbocycles. The second kappa shape index (κ2) is 6.69. The lowest BCUT2D eigenvalue weighted by Crippen LogP contribution is -2.20. The van der Waals surface area contributed by atoms with Crippen LogP contribution >= 0.6 is 11.6 Å². The number of hydrogen-bond acceptors (Lipinski definition) is 3. The Balaban J connectivity index is 2.03. The molecule has 3 N–H and O–H groups in total. The van der Waals surface area contributed by atoms with Crippen molar-refractivity contribution in [3.63, 3.8) is 0 Å². The third kappa shape index (κ3) is 4.27. The van der Waals surface area contributed by atoms with Gasteiger partial charge in [0.25, 0.3) is 0 Å². The van der Waals surface area contributed by atoms with Gasteiger partial charge in [0.1, 0.15) is 11.6 Å². The van der Waals surface area contributed by atoms with Crippen molar-refractivity contribution in [2.24, 2.45) is 0 Å². The van der Waals surface area contributed by atoms with Crippen molar-refractivity contribution in [3.8, 4) is 0 Å². The molecule has 110 valence electrons. The molecule has 0 aliphatic carbocycles. The molecular weight excluding hydrogens is 315 g/mol. The lowest BCUT2D eigenvalue weighted by Gasteiger charge is -2.08. The van der Waals surface area contributed by atoms with Crippen LogP contribution in [-0.4, -0.2) is 15.9 Å². The van der Waals surface area contributed by atoms with E-state index in [0.29, 0.717) is 9.92 Å². The van der Waals surface area contributed by atoms with Crippen LogP contribution in [0.1, 0.15) is 0 Å². The Kier molecular flexibility index (Phi) is 4.93. The highest BCUT2D eigenvalue weighted by Gasteiger charge is 2.12. The van der Waals surface area contributed by atoms with E-state index in [2.05, 4.69) is 5.32 Å². The van der Waals surface area contributed by atoms with Crippen LogP contribution in [0.5, 0.6) is 0 Å². The molecule has 0 saturated carbocycles. The maximum Gasteiger partial charge on any atom is 0.237 e. The Morgan fingerprint density at radius 3 is 2.57 bits per heavy atom. The van der Waals surface area contributed by atoms with E-state index in [1.807, 2.05) is 0 Å². The predicted octanol–water partition coefficient (Wildman–Crippen LogP) is 2.81. The van der Waals surface area contributed by atoms with E-state index >= 15 is 0 Å². The van der Waals surface area contributed by atoms with Gasteiger partial charge in [-0.15, -0.1) is 0 Å². The summed E-state index contributed by atoms with van der Waals surface area (Å²) >= 11 is 5.73. The predicted molar refractivity (Wildman–Crippen MR) is 82.2 cm³/mol. The molecule has 0 aliphatic rings. The summed E-state index contributed by atoms with van der Waals surface area (Å²) in [5.41, 5.74) is 6.02. The Morgan fingerprint density at radius 2 is 1.90 bits per heavy atom. The van der Waals surface area contributed by atoms with Crippen LogP contribution in [0.25, 0.3) is 0 Å². The fraction of sp³-hybridized carbons (Fsp3) is 0.0714. The molecular formula is C14H12ClFN2O2S. The molecule has 0 bridgehead atoms. The van der Waals surface area contributed by atoms with Gasteiger partial charge in [0.05, 0.1) is 22.2 Å². The number of carbonyl (C=O) groups excluding carboxylic acids is 1. The monoisotopic (exact) mass is 326 g/mol. The van der Waals surface area contributed by atoms with Crippen LogP contribution in [0, 0.1) is 5.82 Å². The van der Waals surface area contributed by atoms with Crippen molar-refractivity contribution in [2.75, 3.05) is 16.8 Å². The number of carbonyl (C=O) groups is 1. The average molecular weight is 327 g/mol. The Hall–Kier alpha value is -1.92. The average Bonchev–Trinajstić information content (AvgIpc) is 2.43. The number of halogens is 2. The zero-order valence-corrected chi connectivity index (χ0v) is 12.4. The van der Waals surface area contributed by atoms with Crippen molar-refractivity contribution >= 4 is 39.7 Å². The number of anilines is 2. The molecule has 0 saturated heterocycles. The molecule has 1 unspecified atom stereocenters. The van der Waals surface area contributed by atoms with E-state index < -0.39 is 22.5 Å². The van der Waals surface area contributed by atoms with E-state index in [9.17, 15) is 13.4 Å². The smallest absolute Gasteiger partial charge is 0.237 e. The topological polar surface area (TPSA) is 72.2 Å². The summed E-state index contributed by atoms with van der Waals surface area (Å²) < 4.78 is 25.1. The number of amides is 1. The summed E-state index contributed by atoms with van der Waals surface area (Å²) in [7, 11) is -1.51. The summed E-state index contributed by atoms with van der Waals surface area (Å²) in [6.07, 6.45) is 0. The van der Waals surface area contributed by atoms with Crippen molar-refractivity contribution in [3.05, 3.63) is 53.3 Å². The van der Waals surface area contributed by atoms with Gasteiger partial charge in [-0.1, -0.05) is 11.6 Å². The van der Waals surface area contributed by atoms with Gasteiger partial charge < -0.3 is 11.1 Å². The molecule has 4 nitrogen and oxygen atoms in total. The summed E-state index contributed by atoms with van der Waals surface area (Å²) in [4.78, 5) is 12.3. The highest BCUT2D eigenvalue weighted by atomic mass is 35.5. The van der Waals surface area contributed by atoms with Crippen molar-refractivity contribution in [1.82, 2.24) is 0 Å². The zero-order chi connectivity index (χ0) is 15.4. The molecule has 0 spiro atoms. The van der Waals surface area contributed by atoms with Gasteiger partial charge in [-0.05, 0) is 42.5 Å². The summed E-state index contributed by atoms with van der Waals surface area (Å²) in [5, 5.41) is 2.96. The Labute approximate surface area is 128 Å². The van der Waals surface area contributed by atoms with Gasteiger partial charge in [0.2, 0.25) is 5.91 Å². The lowest BCUT2D eigenvalue weighted by atomic mass is 10.2. The first-order valence-electron chi connectivity index (χ1n) is 5.94. The van der Waals surface area contributed by atoms with Crippen LogP contribution < -0.4 is 11.1 Å². The molecule has 0 fully saturated rings. The maximum absolute atomic E-state index is 13.1. The highest BCUT2D eigenvalue weighted by Crippen LogP contribution is 2.19. The minimum absolute atomic E-state index is 0.160. The summed E-state index contributed by atoms with van der Waals surface area (Å²) in [5.74, 6) is -1.28. The highest BCUT2D eigenvalue weighted by molar-refractivity contribution is 7.85. The molecule has 0 heterocycles. The van der Waals surface area contributed by atoms with Crippen molar-refractivity contribution in [1.29, 1.82) is 0 Å². The molecule has 1 amide bonds. The zero-order valence-electron chi connectivity index (χ0n) is 10.8. The fourth-order valence-electron chi connectivity index (χ4n) is 1.61. The number of nitrogen functional groups attached to an aromatic ring is 1. The lowest BCUT2D eigenvalue weighted by molar-refractivity contribution is -0.113. The Bertz CT molecular complexity index is 692. The van der Waals surface area contributed by atoms with Crippen LogP contribution in [0.4, 0.5) is 15.8 Å². The van der Waals surface area contributed by atoms with Crippen LogP contribution in [0.15, 0.2) is 47.4 Å². The molecule has 0 aromatic heterocycles. The molecule has 2 aromatic rings. The second-order valence-electron chi connectivity index (χ2n) is 4.22. The third-order valence-electron chi connectivity index (χ3n) is 2.63. The number of benzene rings is 2. The third-order valence-corrected chi connectivity index (χ3v) is 4.20. The van der Waals surface area contributed by atoms with Gasteiger partial charge in [-0.3, -0.25) is 9.00 Å². The first-order valence-corrected chi connectivity index (χ1v) is 7.64. The molecule has 2 rings (SSSR count). The normalized spacial score (nSPS) is 11.9. The second-order valence-corrected chi connectivity index (χ2v) is 6.11. The van der Waals surface area contributed by atoms with Crippen LogP contribution in [0.2, 0.25) is 5.02 Å². The fourth-order valence-corrected chi connectivity index (χ4v) is 2.65. The van der Waals surface area contributed by atoms with Crippen molar-refractivity contribution < 1.29 is 13.4 Å². The number of hydrogen-bond donors (Lipinski definition) is 2. The van der Waals surface area contributed by atoms with E-state index in [-0.39, 0.29) is 17.1 Å². The Morgan fingerprint density at radius 1 is 1.24 bits per heavy atom. The maximum atomic E-state index is 13.1. The standard InChI is InChI=1S/C14H12ClFN2O2S/c15-9-1-4-11(5-2-9)21(20)8-14(19)18-13-7-10(16)3-6-12(13)17/h1-7H,8,17H2,(H,18,19). The first kappa shape index (κ1) is 15.5. The summed E-state index contributed by atoms with van der Waals surface area (Å²) in [6, 6.07) is 10.0. The summed E-state index contributed by atoms with van der Waals surface area (Å²) in [6.45, 7) is 0. The number of rotatable bonds is 4. The quantitative estimate of drug-likeness (QED) is 0.849. The van der Waals surface area contributed by atoms with E-state index in [0.717, 1.165) is 6.07 Å². The van der Waals surface area contributed by atoms with E-state index in [1.165, 1.54) is 12.1 Å². The van der Waals surface area contributed by atoms with E-state index in [1.54, 1.807) is 24.3 Å². The molecule has 0 radical (unpaired) electrons. The van der Waals surface area contributed by atoms with Crippen molar-refractivity contribution in [2.45, 2.75) is 4.90 Å². The molecule has 21 heavy (non-hydrogen) atoms. The van der Waals surface area contributed by atoms with Gasteiger partial charge >= 0.3 is 0 Å². The largest absolute Gasteiger partial charge is 0.397 e. The van der Waals surface area contributed by atoms with Crippen LogP contribution in [-0.2, 0) is 15.6 Å². The van der Waals surface area contributed by atoms with E-state index in [4.69, 9.17) is 17.3 Å². The SMILES string of the molecule is Nc1ccc(F)cc1NC(=O)CS(=O)c1ccc(Cl)cc1. The number of nitrogens with one attached hydrogen (secondary N) is 1. The van der Waals surface area contributed by atoms with Gasteiger partial charge in [-0.2, -0.15) is 0 Å². The van der Waals surface area contributed by atoms with Gasteiger partial charge in [0, 0.05) is 9.92 Å². The molecule has 7 heteroatoms. The molecule has 0 aliphatic heterocycles. The number of nitrogens with two attached hydrogens (primary N) is 1. The minimum atomic E-state index is -1.51. The van der Waals surface area contributed by atoms with Gasteiger partial charge in [-0.25, -0.2) is 4.39 Å². The van der Waals surface area contributed by atoms with Gasteiger partial charge in [0.15, 0.2) is 0 Å². The first-order chi connectivity index (χ1) is 9.95. The molecule has 1 atom stereocenters.